The van der Waals surface area contributed by atoms with Crippen LogP contribution in [0, 0.1) is 0 Å². The van der Waals surface area contributed by atoms with E-state index in [0.29, 0.717) is 0 Å². The van der Waals surface area contributed by atoms with Crippen molar-refractivity contribution < 1.29 is 0 Å². The average Bonchev–Trinajstić information content (AvgIpc) is 4.30. The smallest absolute Gasteiger partial charge is 0.0620 e. The molecule has 0 spiro atoms. The van der Waals surface area contributed by atoms with Gasteiger partial charge in [0.1, 0.15) is 0 Å². The molecule has 2 aliphatic rings. The van der Waals surface area contributed by atoms with Crippen molar-refractivity contribution in [3.63, 3.8) is 0 Å². The minimum absolute atomic E-state index is 1.15. The first-order chi connectivity index (χ1) is 36.1. The van der Waals surface area contributed by atoms with Crippen LogP contribution in [0.1, 0.15) is 0 Å². The number of thiophene rings is 2. The normalized spacial score (nSPS) is 12.2. The number of hydrogen-bond acceptors (Lipinski definition) is 2. The third-order valence-corrected chi connectivity index (χ3v) is 18.2. The number of halogens is 1. The molecule has 0 radical (unpaired) electrons. The van der Waals surface area contributed by atoms with Crippen molar-refractivity contribution in [3.8, 4) is 50.2 Å². The summed E-state index contributed by atoms with van der Waals surface area (Å²) in [7, 11) is 0. The molecule has 0 amide bonds. The van der Waals surface area contributed by atoms with Crippen LogP contribution in [0.4, 0.5) is 0 Å². The van der Waals surface area contributed by atoms with Gasteiger partial charge in [0.25, 0.3) is 0 Å². The summed E-state index contributed by atoms with van der Waals surface area (Å²) in [5, 5.41) is 16.0. The maximum Gasteiger partial charge on any atom is 0.0620 e. The molecule has 2 aliphatic carbocycles. The molecule has 0 unspecified atom stereocenters. The molecule has 18 rings (SSSR count). The predicted molar refractivity (Wildman–Crippen MR) is 320 cm³/mol. The van der Waals surface area contributed by atoms with Crippen LogP contribution < -0.4 is 0 Å². The van der Waals surface area contributed by atoms with Gasteiger partial charge in [0.2, 0.25) is 0 Å². The Kier molecular flexibility index (Phi) is 8.96. The number of fused-ring (bicyclic) bond motifs is 20. The fraction of sp³-hybridized carbons (Fsp3) is 0. The molecule has 340 valence electrons. The largest absolute Gasteiger partial charge is 0.354 e. The van der Waals surface area contributed by atoms with Gasteiger partial charge in [-0.15, -0.1) is 22.7 Å². The standard InChI is InChI=1S/C34H19NS.C22H13N.C12H7BrS/c1-2-9-22-21(8-1)25-12-7-13-26-33(25)28(22)19-29-23-10-3-5-14-30(23)35(34(26)29)20-16-17-32-27(18-20)24-11-4-6-15-31(24)36-32;1-2-7-14-13(6-1)16-9-5-10-17-21(16)18(14)12-19-15-8-3-4-11-20(15)23-22(17)19;13-8-5-6-12-10(7-8)9-3-1-2-4-11(9)14-12/h1-19H;1-12,23H;1-7H. The molecule has 0 saturated heterocycles. The van der Waals surface area contributed by atoms with Crippen molar-refractivity contribution in [1.82, 2.24) is 9.55 Å². The van der Waals surface area contributed by atoms with E-state index >= 15 is 0 Å². The van der Waals surface area contributed by atoms with Gasteiger partial charge in [0.15, 0.2) is 0 Å². The molecule has 5 heteroatoms. The van der Waals surface area contributed by atoms with Gasteiger partial charge in [0, 0.05) is 88.3 Å². The Morgan fingerprint density at radius 2 is 0.795 bits per heavy atom. The Bertz CT molecular complexity index is 5010. The minimum Gasteiger partial charge on any atom is -0.354 e. The third kappa shape index (κ3) is 6.08. The number of benzene rings is 12. The van der Waals surface area contributed by atoms with E-state index in [0.717, 1.165) is 4.47 Å². The Balaban J connectivity index is 0.000000105. The zero-order chi connectivity index (χ0) is 47.9. The Morgan fingerprint density at radius 1 is 0.315 bits per heavy atom. The van der Waals surface area contributed by atoms with Gasteiger partial charge in [-0.3, -0.25) is 0 Å². The molecule has 16 aromatic rings. The third-order valence-electron chi connectivity index (χ3n) is 15.4. The number of hydrogen-bond donors (Lipinski definition) is 1. The number of para-hydroxylation sites is 2. The van der Waals surface area contributed by atoms with Gasteiger partial charge in [-0.05, 0) is 128 Å². The van der Waals surface area contributed by atoms with Gasteiger partial charge in [-0.1, -0.05) is 174 Å². The predicted octanol–water partition coefficient (Wildman–Crippen LogP) is 20.9. The van der Waals surface area contributed by atoms with Crippen LogP contribution >= 0.6 is 38.6 Å². The van der Waals surface area contributed by atoms with E-state index in [-0.39, 0.29) is 0 Å². The first kappa shape index (κ1) is 41.3. The van der Waals surface area contributed by atoms with Crippen molar-refractivity contribution >= 4 is 144 Å². The van der Waals surface area contributed by atoms with Crippen LogP contribution in [0.3, 0.4) is 0 Å². The van der Waals surface area contributed by atoms with Crippen LogP contribution in [0.15, 0.2) is 235 Å². The lowest BCUT2D eigenvalue weighted by molar-refractivity contribution is 1.19. The summed E-state index contributed by atoms with van der Waals surface area (Å²) in [6.07, 6.45) is 0. The number of aromatic amines is 1. The molecule has 0 aliphatic heterocycles. The van der Waals surface area contributed by atoms with E-state index in [1.807, 2.05) is 22.7 Å². The van der Waals surface area contributed by atoms with Crippen molar-refractivity contribution in [3.05, 3.63) is 235 Å². The first-order valence-corrected chi connectivity index (χ1v) is 27.2. The minimum atomic E-state index is 1.15. The lowest BCUT2D eigenvalue weighted by atomic mass is 9.99. The lowest BCUT2D eigenvalue weighted by Crippen LogP contribution is -1.94. The zero-order valence-electron chi connectivity index (χ0n) is 39.1. The molecule has 4 heterocycles. The number of H-pyrrole nitrogens is 1. The van der Waals surface area contributed by atoms with Gasteiger partial charge < -0.3 is 9.55 Å². The van der Waals surface area contributed by atoms with Gasteiger partial charge >= 0.3 is 0 Å². The van der Waals surface area contributed by atoms with E-state index in [1.165, 1.54) is 156 Å². The fourth-order valence-corrected chi connectivity index (χ4v) is 14.9. The van der Waals surface area contributed by atoms with Crippen LogP contribution in [-0.2, 0) is 0 Å². The van der Waals surface area contributed by atoms with Gasteiger partial charge in [0.05, 0.1) is 16.6 Å². The summed E-state index contributed by atoms with van der Waals surface area (Å²) >= 11 is 7.23. The van der Waals surface area contributed by atoms with E-state index < -0.39 is 0 Å². The van der Waals surface area contributed by atoms with E-state index in [4.69, 9.17) is 0 Å². The maximum absolute atomic E-state index is 3.63. The van der Waals surface area contributed by atoms with Crippen molar-refractivity contribution in [1.29, 1.82) is 0 Å². The van der Waals surface area contributed by atoms with E-state index in [1.54, 1.807) is 0 Å². The van der Waals surface area contributed by atoms with Crippen LogP contribution in [0.5, 0.6) is 0 Å². The molecule has 12 aromatic carbocycles. The second-order valence-electron chi connectivity index (χ2n) is 19.3. The highest BCUT2D eigenvalue weighted by molar-refractivity contribution is 9.10. The van der Waals surface area contributed by atoms with Crippen LogP contribution in [0.25, 0.3) is 156 Å². The number of nitrogens with one attached hydrogen (secondary N) is 1. The Hall–Kier alpha value is -8.32. The van der Waals surface area contributed by atoms with Crippen LogP contribution in [-0.4, -0.2) is 9.55 Å². The summed E-state index contributed by atoms with van der Waals surface area (Å²) in [4.78, 5) is 3.63. The van der Waals surface area contributed by atoms with Crippen molar-refractivity contribution in [2.24, 2.45) is 0 Å². The number of rotatable bonds is 1. The number of nitrogens with zero attached hydrogens (tertiary/aromatic N) is 1. The SMILES string of the molecule is Brc1ccc2sc3ccccc3c2c1.c1ccc2c(c1)-c1cccc3c1c-2cc1c2ccccc2[nH]c31.c1ccc2c(c1)-c1cccc3c1c-2cc1c2ccccc2n(-c2ccc4sc5ccccc5c4c2)c31. The molecule has 0 bridgehead atoms. The Labute approximate surface area is 435 Å². The highest BCUT2D eigenvalue weighted by Gasteiger charge is 2.26. The summed E-state index contributed by atoms with van der Waals surface area (Å²) < 4.78 is 9.03. The molecule has 0 atom stereocenters. The molecule has 4 aromatic heterocycles. The molecule has 0 saturated carbocycles. The van der Waals surface area contributed by atoms with Crippen LogP contribution in [0.2, 0.25) is 0 Å². The summed E-state index contributed by atoms with van der Waals surface area (Å²) in [5.41, 5.74) is 17.0. The zero-order valence-corrected chi connectivity index (χ0v) is 42.3. The summed E-state index contributed by atoms with van der Waals surface area (Å²) in [5.74, 6) is 0. The molecule has 1 N–H and O–H groups in total. The average molecular weight is 1030 g/mol. The Morgan fingerprint density at radius 3 is 1.48 bits per heavy atom. The topological polar surface area (TPSA) is 20.7 Å². The second kappa shape index (κ2) is 15.8. The van der Waals surface area contributed by atoms with Gasteiger partial charge in [-0.25, -0.2) is 0 Å². The fourth-order valence-electron chi connectivity index (χ4n) is 12.3. The molecule has 0 fully saturated rings. The van der Waals surface area contributed by atoms with Gasteiger partial charge in [-0.2, -0.15) is 0 Å². The lowest BCUT2D eigenvalue weighted by Gasteiger charge is -2.11. The maximum atomic E-state index is 3.63. The van der Waals surface area contributed by atoms with Crippen molar-refractivity contribution in [2.75, 3.05) is 0 Å². The highest BCUT2D eigenvalue weighted by atomic mass is 79.9. The second-order valence-corrected chi connectivity index (χ2v) is 22.3. The summed E-state index contributed by atoms with van der Waals surface area (Å²) in [6.45, 7) is 0. The quantitative estimate of drug-likeness (QED) is 0.169. The summed E-state index contributed by atoms with van der Waals surface area (Å²) in [6, 6.07) is 84.0. The van der Waals surface area contributed by atoms with E-state index in [2.05, 4.69) is 256 Å². The van der Waals surface area contributed by atoms with E-state index in [9.17, 15) is 0 Å². The molecular weight excluding hydrogens is 989 g/mol. The monoisotopic (exact) mass is 1030 g/mol. The van der Waals surface area contributed by atoms with Crippen molar-refractivity contribution in [2.45, 2.75) is 0 Å². The molecular formula is C68H39BrN2S2. The highest BCUT2D eigenvalue weighted by Crippen LogP contribution is 2.52. The first-order valence-electron chi connectivity index (χ1n) is 24.8. The molecule has 2 nitrogen and oxygen atoms in total. The molecule has 73 heavy (non-hydrogen) atoms. The number of aromatic nitrogens is 2.